The van der Waals surface area contributed by atoms with E-state index < -0.39 is 54.1 Å². The van der Waals surface area contributed by atoms with E-state index in [0.717, 1.165) is 25.3 Å². The van der Waals surface area contributed by atoms with Crippen LogP contribution in [0.2, 0.25) is 0 Å². The van der Waals surface area contributed by atoms with Gasteiger partial charge in [0.05, 0.1) is 42.6 Å². The van der Waals surface area contributed by atoms with Gasteiger partial charge >= 0.3 is 12.1 Å². The summed E-state index contributed by atoms with van der Waals surface area (Å²) in [6.07, 6.45) is 15.2. The number of ether oxygens (including phenoxy) is 2. The predicted octanol–water partition coefficient (Wildman–Crippen LogP) is 7.83. The number of hydrogen-bond donors (Lipinski definition) is 4. The van der Waals surface area contributed by atoms with Crippen LogP contribution >= 0.6 is 0 Å². The lowest BCUT2D eigenvalue weighted by molar-refractivity contribution is -0.142. The molecule has 0 unspecified atom stereocenters. The van der Waals surface area contributed by atoms with E-state index in [0.29, 0.717) is 47.9 Å². The Kier molecular flexibility index (Phi) is 17.9. The summed E-state index contributed by atoms with van der Waals surface area (Å²) in [6, 6.07) is 3.01. The van der Waals surface area contributed by atoms with Gasteiger partial charge in [0.1, 0.15) is 30.3 Å². The van der Waals surface area contributed by atoms with Gasteiger partial charge in [-0.1, -0.05) is 90.4 Å². The molecule has 4 aromatic rings. The van der Waals surface area contributed by atoms with Crippen LogP contribution in [0.5, 0.6) is 5.75 Å². The number of fused-ring (bicyclic) bond motifs is 1. The van der Waals surface area contributed by atoms with Crippen molar-refractivity contribution in [3.63, 3.8) is 0 Å². The highest BCUT2D eigenvalue weighted by Crippen LogP contribution is 2.35. The summed E-state index contributed by atoms with van der Waals surface area (Å²) in [5.74, 6) is -3.33. The Labute approximate surface area is 353 Å². The number of nitrogens with zero attached hydrogens (tertiary/aromatic N) is 6. The second kappa shape index (κ2) is 23.2. The molecule has 6 N–H and O–H groups in total. The third-order valence-corrected chi connectivity index (χ3v) is 11.1. The van der Waals surface area contributed by atoms with Gasteiger partial charge in [0.15, 0.2) is 23.0 Å². The van der Waals surface area contributed by atoms with E-state index in [4.69, 9.17) is 20.9 Å². The predicted molar refractivity (Wildman–Crippen MR) is 224 cm³/mol. The lowest BCUT2D eigenvalue weighted by Gasteiger charge is -2.44. The molecule has 5 rings (SSSR count). The van der Waals surface area contributed by atoms with E-state index in [1.807, 2.05) is 0 Å². The molecule has 1 amide bonds. The number of piperidine rings is 1. The number of alkyl halides is 2. The van der Waals surface area contributed by atoms with E-state index in [1.165, 1.54) is 89.1 Å². The summed E-state index contributed by atoms with van der Waals surface area (Å²) in [6.45, 7) is 2.22. The summed E-state index contributed by atoms with van der Waals surface area (Å²) in [7, 11) is 0. The van der Waals surface area contributed by atoms with E-state index in [2.05, 4.69) is 32.2 Å². The number of carbonyl (C=O) groups is 2. The van der Waals surface area contributed by atoms with Gasteiger partial charge in [0.2, 0.25) is 0 Å². The molecule has 61 heavy (non-hydrogen) atoms. The van der Waals surface area contributed by atoms with Gasteiger partial charge in [-0.05, 0) is 37.0 Å². The SMILES string of the molecule is CCCCCCCCCCCCCCCCOC(=O)CNC(=O)Oc1cc(F)c(-c2cc(Cn3cnc4c(N)ncnc43)c(N3CCC[C@](N)([C@H](O)C(F)F)C3)cn2)cc1F. The van der Waals surface area contributed by atoms with Crippen LogP contribution in [0.3, 0.4) is 0 Å². The zero-order chi connectivity index (χ0) is 43.8. The van der Waals surface area contributed by atoms with Crippen molar-refractivity contribution in [1.82, 2.24) is 29.8 Å². The number of amides is 1. The first-order chi connectivity index (χ1) is 29.4. The Hall–Kier alpha value is -5.10. The molecule has 14 nitrogen and oxygen atoms in total. The maximum absolute atomic E-state index is 15.7. The van der Waals surface area contributed by atoms with E-state index in [1.54, 1.807) is 9.47 Å². The topological polar surface area (TPSA) is 197 Å². The Morgan fingerprint density at radius 3 is 2.26 bits per heavy atom. The van der Waals surface area contributed by atoms with Gasteiger partial charge in [-0.3, -0.25) is 9.78 Å². The zero-order valence-corrected chi connectivity index (χ0v) is 34.9. The second-order valence-corrected chi connectivity index (χ2v) is 15.9. The monoisotopic (exact) mass is 857 g/mol. The molecule has 1 aliphatic heterocycles. The lowest BCUT2D eigenvalue weighted by Crippen LogP contribution is -2.63. The Balaban J connectivity index is 1.14. The van der Waals surface area contributed by atoms with Crippen LogP contribution in [-0.4, -0.2) is 86.0 Å². The Morgan fingerprint density at radius 2 is 1.59 bits per heavy atom. The highest BCUT2D eigenvalue weighted by molar-refractivity contribution is 5.81. The van der Waals surface area contributed by atoms with Crippen molar-refractivity contribution < 1.29 is 41.7 Å². The van der Waals surface area contributed by atoms with Crippen molar-refractivity contribution in [3.8, 4) is 17.0 Å². The number of anilines is 2. The molecule has 4 heterocycles. The van der Waals surface area contributed by atoms with E-state index in [9.17, 15) is 23.5 Å². The largest absolute Gasteiger partial charge is 0.464 e. The van der Waals surface area contributed by atoms with Crippen molar-refractivity contribution in [2.75, 3.05) is 36.9 Å². The zero-order valence-electron chi connectivity index (χ0n) is 34.9. The summed E-state index contributed by atoms with van der Waals surface area (Å²) in [4.78, 5) is 43.2. The Bertz CT molecular complexity index is 2040. The van der Waals surface area contributed by atoms with Crippen LogP contribution in [-0.2, 0) is 16.1 Å². The molecule has 1 aromatic carbocycles. The summed E-state index contributed by atoms with van der Waals surface area (Å²) < 4.78 is 70.1. The standard InChI is InChI=1S/C43H59F4N9O5/c1-2-3-4-5-6-7-8-9-10-11-12-13-14-15-19-60-36(57)24-51-42(59)61-35-22-31(44)30(21-32(35)45)33-20-29(25-56-28-54-37-40(48)52-27-53-41(37)56)34(23-50-33)55-18-16-17-43(49,26-55)38(58)39(46)47/h20-23,27-28,38-39,58H,2-19,24-26,49H2,1H3,(H,51,59)(H2,48,52,53)/t38-,43-/m1/s1. The fourth-order valence-electron chi connectivity index (χ4n) is 7.67. The lowest BCUT2D eigenvalue weighted by atomic mass is 9.84. The molecule has 1 fully saturated rings. The highest BCUT2D eigenvalue weighted by atomic mass is 19.3. The summed E-state index contributed by atoms with van der Waals surface area (Å²) in [5.41, 5.74) is 12.0. The molecule has 1 aliphatic rings. The molecule has 3 aromatic heterocycles. The van der Waals surface area contributed by atoms with Gasteiger partial charge in [0, 0.05) is 24.7 Å². The second-order valence-electron chi connectivity index (χ2n) is 15.9. The smallest absolute Gasteiger partial charge is 0.413 e. The minimum Gasteiger partial charge on any atom is -0.464 e. The number of halogens is 4. The van der Waals surface area contributed by atoms with Crippen LogP contribution < -0.4 is 26.4 Å². The number of nitrogens with one attached hydrogen (secondary N) is 1. The van der Waals surface area contributed by atoms with Crippen molar-refractivity contribution in [2.24, 2.45) is 5.73 Å². The normalized spacial score (nSPS) is 16.0. The highest BCUT2D eigenvalue weighted by Gasteiger charge is 2.43. The number of pyridine rings is 1. The summed E-state index contributed by atoms with van der Waals surface area (Å²) in [5, 5.41) is 12.5. The number of unbranched alkanes of at least 4 members (excludes halogenated alkanes) is 13. The molecule has 1 saturated heterocycles. The number of hydrogen-bond acceptors (Lipinski definition) is 12. The number of esters is 1. The fourth-order valence-corrected chi connectivity index (χ4v) is 7.67. The third-order valence-electron chi connectivity index (χ3n) is 11.1. The van der Waals surface area contributed by atoms with Crippen LogP contribution in [0.25, 0.3) is 22.4 Å². The number of imidazole rings is 1. The van der Waals surface area contributed by atoms with Gasteiger partial charge in [-0.25, -0.2) is 37.3 Å². The molecule has 0 radical (unpaired) electrons. The molecule has 334 valence electrons. The average molecular weight is 858 g/mol. The van der Waals surface area contributed by atoms with E-state index >= 15 is 8.78 Å². The minimum absolute atomic E-state index is 0.00473. The first-order valence-electron chi connectivity index (χ1n) is 21.4. The number of aliphatic hydroxyl groups is 1. The summed E-state index contributed by atoms with van der Waals surface area (Å²) >= 11 is 0. The fraction of sp³-hybridized carbons (Fsp3) is 0.581. The van der Waals surface area contributed by atoms with E-state index in [-0.39, 0.29) is 43.2 Å². The van der Waals surface area contributed by atoms with Crippen LogP contribution in [0, 0.1) is 11.6 Å². The van der Waals surface area contributed by atoms with Gasteiger partial charge in [-0.2, -0.15) is 0 Å². The third kappa shape index (κ3) is 13.4. The molecule has 0 bridgehead atoms. The number of rotatable bonds is 24. The maximum atomic E-state index is 15.7. The number of aromatic nitrogens is 5. The van der Waals surface area contributed by atoms with Crippen molar-refractivity contribution in [1.29, 1.82) is 0 Å². The van der Waals surface area contributed by atoms with Crippen molar-refractivity contribution in [2.45, 2.75) is 134 Å². The molecule has 0 spiro atoms. The van der Waals surface area contributed by atoms with Crippen molar-refractivity contribution in [3.05, 3.63) is 54.2 Å². The van der Waals surface area contributed by atoms with Crippen LogP contribution in [0.1, 0.15) is 115 Å². The average Bonchev–Trinajstić information content (AvgIpc) is 3.65. The molecular formula is C43H59F4N9O5. The molecule has 2 atom stereocenters. The number of nitrogens with two attached hydrogens (primary N) is 2. The number of nitrogen functional groups attached to an aromatic ring is 1. The Morgan fingerprint density at radius 1 is 0.918 bits per heavy atom. The molecule has 0 aliphatic carbocycles. The molecular weight excluding hydrogens is 799 g/mol. The molecule has 0 saturated carbocycles. The minimum atomic E-state index is -3.06. The molecule has 18 heteroatoms. The number of benzene rings is 1. The van der Waals surface area contributed by atoms with Crippen LogP contribution in [0.4, 0.5) is 33.9 Å². The first-order valence-corrected chi connectivity index (χ1v) is 21.4. The number of carbonyl (C=O) groups excluding carboxylic acids is 2. The van der Waals surface area contributed by atoms with Gasteiger partial charge < -0.3 is 40.8 Å². The van der Waals surface area contributed by atoms with Gasteiger partial charge in [0.25, 0.3) is 6.43 Å². The van der Waals surface area contributed by atoms with Crippen molar-refractivity contribution >= 4 is 34.7 Å². The van der Waals surface area contributed by atoms with Crippen LogP contribution in [0.15, 0.2) is 37.1 Å². The number of aliphatic hydroxyl groups excluding tert-OH is 1. The van der Waals surface area contributed by atoms with Gasteiger partial charge in [-0.15, -0.1) is 0 Å². The quantitative estimate of drug-likeness (QED) is 0.0303. The first kappa shape index (κ1) is 47.0. The maximum Gasteiger partial charge on any atom is 0.413 e.